The lowest BCUT2D eigenvalue weighted by Gasteiger charge is -2.25. The molecule has 0 aliphatic rings. The summed E-state index contributed by atoms with van der Waals surface area (Å²) in [6, 6.07) is 4.33. The molecule has 3 rings (SSSR count). The lowest BCUT2D eigenvalue weighted by Crippen LogP contribution is -2.33. The number of amides is 1. The Bertz CT molecular complexity index is 1230. The van der Waals surface area contributed by atoms with E-state index < -0.39 is 25.6 Å². The summed E-state index contributed by atoms with van der Waals surface area (Å²) >= 11 is 2.13. The summed E-state index contributed by atoms with van der Waals surface area (Å²) < 4.78 is 28.9. The highest BCUT2D eigenvalue weighted by molar-refractivity contribution is 14.1. The zero-order chi connectivity index (χ0) is 26.8. The molecule has 0 aliphatic carbocycles. The predicted molar refractivity (Wildman–Crippen MR) is 150 cm³/mol. The Morgan fingerprint density at radius 3 is 2.56 bits per heavy atom. The van der Waals surface area contributed by atoms with Gasteiger partial charge in [-0.1, -0.05) is 25.7 Å². The minimum Gasteiger partial charge on any atom is -0.444 e. The molecule has 1 amide bonds. The summed E-state index contributed by atoms with van der Waals surface area (Å²) in [6.07, 6.45) is 1.20. The van der Waals surface area contributed by atoms with Gasteiger partial charge in [-0.05, 0) is 73.5 Å². The van der Waals surface area contributed by atoms with Crippen LogP contribution in [0.4, 0.5) is 9.18 Å². The lowest BCUT2D eigenvalue weighted by atomic mass is 10.0. The molecule has 0 unspecified atom stereocenters. The molecule has 2 heterocycles. The number of carbonyl (C=O) groups is 1. The molecule has 0 saturated carbocycles. The van der Waals surface area contributed by atoms with Gasteiger partial charge >= 0.3 is 6.09 Å². The highest BCUT2D eigenvalue weighted by Crippen LogP contribution is 2.28. The second-order valence-corrected chi connectivity index (χ2v) is 17.8. The molecule has 0 aliphatic heterocycles. The van der Waals surface area contributed by atoms with Crippen molar-refractivity contribution < 1.29 is 18.7 Å². The van der Waals surface area contributed by atoms with Gasteiger partial charge in [0.2, 0.25) is 0 Å². The average molecular weight is 628 g/mol. The Morgan fingerprint density at radius 1 is 1.25 bits per heavy atom. The molecule has 0 saturated heterocycles. The third kappa shape index (κ3) is 7.45. The monoisotopic (exact) mass is 627 g/mol. The summed E-state index contributed by atoms with van der Waals surface area (Å²) in [6.45, 7) is 15.4. The summed E-state index contributed by atoms with van der Waals surface area (Å²) in [5, 5.41) is 4.54. The van der Waals surface area contributed by atoms with E-state index in [0.717, 1.165) is 11.6 Å². The van der Waals surface area contributed by atoms with Crippen molar-refractivity contribution in [2.24, 2.45) is 0 Å². The molecule has 1 aromatic carbocycles. The van der Waals surface area contributed by atoms with Crippen LogP contribution in [-0.2, 0) is 22.7 Å². The van der Waals surface area contributed by atoms with Gasteiger partial charge in [0, 0.05) is 28.3 Å². The van der Waals surface area contributed by atoms with Gasteiger partial charge in [-0.2, -0.15) is 5.10 Å². The van der Waals surface area contributed by atoms with Gasteiger partial charge in [-0.15, -0.1) is 0 Å². The maximum absolute atomic E-state index is 15.3. The number of hydrogen-bond acceptors (Lipinski definition) is 6. The Balaban J connectivity index is 1.80. The van der Waals surface area contributed by atoms with Crippen molar-refractivity contribution in [2.45, 2.75) is 72.3 Å². The minimum absolute atomic E-state index is 0.217. The van der Waals surface area contributed by atoms with Crippen molar-refractivity contribution in [1.82, 2.24) is 24.6 Å². The van der Waals surface area contributed by atoms with E-state index >= 15 is 4.39 Å². The summed E-state index contributed by atoms with van der Waals surface area (Å²) in [5.74, 6) is -0.152. The van der Waals surface area contributed by atoms with Crippen LogP contribution in [0.3, 0.4) is 0 Å². The van der Waals surface area contributed by atoms with E-state index in [-0.39, 0.29) is 6.54 Å². The molecule has 8 nitrogen and oxygen atoms in total. The fourth-order valence-electron chi connectivity index (χ4n) is 3.54. The molecule has 0 radical (unpaired) electrons. The first-order chi connectivity index (χ1) is 16.6. The summed E-state index contributed by atoms with van der Waals surface area (Å²) in [4.78, 5) is 22.8. The van der Waals surface area contributed by atoms with Crippen LogP contribution in [0.1, 0.15) is 31.9 Å². The third-order valence-corrected chi connectivity index (χ3v) is 7.79. The first-order valence-electron chi connectivity index (χ1n) is 11.8. The first-order valence-corrected chi connectivity index (χ1v) is 16.6. The third-order valence-electron chi connectivity index (χ3n) is 5.36. The van der Waals surface area contributed by atoms with Gasteiger partial charge < -0.3 is 14.4 Å². The minimum atomic E-state index is -1.17. The van der Waals surface area contributed by atoms with Crippen LogP contribution in [0.5, 0.6) is 0 Å². The number of nitrogens with zero attached hydrogens (tertiary/aromatic N) is 5. The number of halogens is 2. The molecular formula is C25H35FIN5O3Si. The zero-order valence-electron chi connectivity index (χ0n) is 22.3. The van der Waals surface area contributed by atoms with Gasteiger partial charge in [0.15, 0.2) is 5.82 Å². The molecule has 196 valence electrons. The summed E-state index contributed by atoms with van der Waals surface area (Å²) in [7, 11) is 0.455. The number of aryl methyl sites for hydroxylation is 1. The fourth-order valence-corrected chi connectivity index (χ4v) is 4.95. The number of aromatic nitrogens is 4. The van der Waals surface area contributed by atoms with Crippen LogP contribution in [0.25, 0.3) is 22.4 Å². The first kappa shape index (κ1) is 28.4. The van der Waals surface area contributed by atoms with E-state index in [0.29, 0.717) is 45.1 Å². The number of carbonyl (C=O) groups excluding carboxylic acids is 1. The van der Waals surface area contributed by atoms with Crippen molar-refractivity contribution in [1.29, 1.82) is 0 Å². The van der Waals surface area contributed by atoms with Crippen molar-refractivity contribution in [3.63, 3.8) is 0 Å². The number of hydrogen-bond donors (Lipinski definition) is 0. The van der Waals surface area contributed by atoms with Crippen LogP contribution in [0.2, 0.25) is 25.7 Å². The molecule has 0 N–H and O–H groups in total. The fraction of sp³-hybridized carbons (Fsp3) is 0.520. The van der Waals surface area contributed by atoms with Crippen LogP contribution < -0.4 is 0 Å². The molecule has 11 heteroatoms. The highest BCUT2D eigenvalue weighted by Gasteiger charge is 2.22. The number of ether oxygens (including phenoxy) is 2. The SMILES string of the molecule is Cc1cc(CN(C)C(=O)OC(C)(C)C)cc(F)c1-c1ncc2c(n1)c(I)nn2COCC[Si](C)(C)C. The molecule has 36 heavy (non-hydrogen) atoms. The molecular weight excluding hydrogens is 592 g/mol. The molecule has 0 spiro atoms. The topological polar surface area (TPSA) is 82.4 Å². The van der Waals surface area contributed by atoms with Crippen LogP contribution >= 0.6 is 22.6 Å². The second kappa shape index (κ2) is 11.1. The van der Waals surface area contributed by atoms with Crippen molar-refractivity contribution in [3.05, 3.63) is 39.0 Å². The van der Waals surface area contributed by atoms with E-state index in [1.807, 2.05) is 13.0 Å². The molecule has 0 bridgehead atoms. The van der Waals surface area contributed by atoms with E-state index in [2.05, 4.69) is 57.3 Å². The van der Waals surface area contributed by atoms with Gasteiger partial charge in [-0.25, -0.2) is 23.8 Å². The van der Waals surface area contributed by atoms with Crippen LogP contribution in [0, 0.1) is 16.4 Å². The van der Waals surface area contributed by atoms with Crippen molar-refractivity contribution in [2.75, 3.05) is 13.7 Å². The number of benzene rings is 1. The van der Waals surface area contributed by atoms with Crippen LogP contribution in [0.15, 0.2) is 18.3 Å². The lowest BCUT2D eigenvalue weighted by molar-refractivity contribution is 0.0285. The quantitative estimate of drug-likeness (QED) is 0.168. The molecule has 3 aromatic rings. The molecule has 2 aromatic heterocycles. The Labute approximate surface area is 226 Å². The van der Waals surface area contributed by atoms with Gasteiger partial charge in [0.05, 0.1) is 11.8 Å². The maximum Gasteiger partial charge on any atom is 0.410 e. The Kier molecular flexibility index (Phi) is 8.77. The van der Waals surface area contributed by atoms with E-state index in [4.69, 9.17) is 9.47 Å². The largest absolute Gasteiger partial charge is 0.444 e. The van der Waals surface area contributed by atoms with Crippen LogP contribution in [-0.4, -0.2) is 58.1 Å². The normalized spacial score (nSPS) is 12.3. The maximum atomic E-state index is 15.3. The van der Waals surface area contributed by atoms with Gasteiger partial charge in [0.25, 0.3) is 0 Å². The zero-order valence-corrected chi connectivity index (χ0v) is 25.4. The smallest absolute Gasteiger partial charge is 0.410 e. The molecule has 0 atom stereocenters. The second-order valence-electron chi connectivity index (χ2n) is 11.2. The van der Waals surface area contributed by atoms with E-state index in [9.17, 15) is 4.79 Å². The van der Waals surface area contributed by atoms with Crippen molar-refractivity contribution in [3.8, 4) is 11.4 Å². The Hall–Kier alpha value is -2.12. The van der Waals surface area contributed by atoms with E-state index in [1.54, 1.807) is 38.7 Å². The number of rotatable bonds is 8. The average Bonchev–Trinajstić information content (AvgIpc) is 3.04. The summed E-state index contributed by atoms with van der Waals surface area (Å²) in [5.41, 5.74) is 2.46. The Morgan fingerprint density at radius 2 is 1.94 bits per heavy atom. The highest BCUT2D eigenvalue weighted by atomic mass is 127. The standard InChI is InChI=1S/C25H35FIN5O3Si/c1-16-11-17(14-31(5)24(33)35-25(2,3)4)12-18(26)20(16)23-28-13-19-21(29-23)22(27)30-32(19)15-34-9-10-36(6,7)8/h11-13H,9-10,14-15H2,1-8H3. The van der Waals surface area contributed by atoms with Gasteiger partial charge in [-0.3, -0.25) is 0 Å². The number of fused-ring (bicyclic) bond motifs is 1. The predicted octanol–water partition coefficient (Wildman–Crippen LogP) is 6.22. The van der Waals surface area contributed by atoms with Crippen molar-refractivity contribution >= 4 is 47.8 Å². The van der Waals surface area contributed by atoms with E-state index in [1.165, 1.54) is 11.0 Å². The van der Waals surface area contributed by atoms with Gasteiger partial charge in [0.1, 0.15) is 32.9 Å². The molecule has 0 fully saturated rings.